The summed E-state index contributed by atoms with van der Waals surface area (Å²) < 4.78 is 38.1. The zero-order valence-corrected chi connectivity index (χ0v) is 14.3. The number of fused-ring (bicyclic) bond motifs is 1. The Morgan fingerprint density at radius 2 is 2.13 bits per heavy atom. The van der Waals surface area contributed by atoms with Gasteiger partial charge in [0, 0.05) is 12.2 Å². The maximum Gasteiger partial charge on any atom is 0.243 e. The number of benzene rings is 1. The molecule has 0 aliphatic carbocycles. The van der Waals surface area contributed by atoms with Gasteiger partial charge in [-0.2, -0.15) is 8.75 Å². The highest BCUT2D eigenvalue weighted by molar-refractivity contribution is 7.89. The monoisotopic (exact) mass is 352 g/mol. The number of aromatic nitrogens is 5. The first-order valence-electron chi connectivity index (χ1n) is 7.05. The molecule has 23 heavy (non-hydrogen) atoms. The maximum atomic E-state index is 12.8. The standard InChI is InChI=1S/C13H16N6O2S2/c1-9(2)11(8-19-7-6-14-18-19)17-23(20,21)12-5-3-4-10-13(12)16-22-15-10/h3-7,9,11,17H,8H2,1-2H3/t11-/m0/s1. The van der Waals surface area contributed by atoms with Gasteiger partial charge in [-0.1, -0.05) is 25.1 Å². The summed E-state index contributed by atoms with van der Waals surface area (Å²) in [4.78, 5) is 0.146. The molecule has 1 N–H and O–H groups in total. The lowest BCUT2D eigenvalue weighted by molar-refractivity contribution is 0.378. The summed E-state index contributed by atoms with van der Waals surface area (Å²) in [6.07, 6.45) is 3.27. The number of hydrogen-bond donors (Lipinski definition) is 1. The van der Waals surface area contributed by atoms with E-state index in [1.165, 1.54) is 0 Å². The molecule has 0 bridgehead atoms. The molecular weight excluding hydrogens is 336 g/mol. The molecule has 0 aliphatic heterocycles. The summed E-state index contributed by atoms with van der Waals surface area (Å²) in [5.41, 5.74) is 0.975. The Morgan fingerprint density at radius 1 is 1.30 bits per heavy atom. The first-order valence-corrected chi connectivity index (χ1v) is 9.26. The van der Waals surface area contributed by atoms with Gasteiger partial charge >= 0.3 is 0 Å². The van der Waals surface area contributed by atoms with E-state index in [0.717, 1.165) is 11.7 Å². The molecule has 0 fully saturated rings. The van der Waals surface area contributed by atoms with Gasteiger partial charge in [-0.05, 0) is 18.1 Å². The highest BCUT2D eigenvalue weighted by atomic mass is 32.2. The molecule has 2 heterocycles. The first kappa shape index (κ1) is 16.0. The third kappa shape index (κ3) is 3.38. The Balaban J connectivity index is 1.90. The van der Waals surface area contributed by atoms with Crippen molar-refractivity contribution in [1.29, 1.82) is 0 Å². The van der Waals surface area contributed by atoms with Crippen LogP contribution in [0.1, 0.15) is 13.8 Å². The minimum absolute atomic E-state index is 0.0849. The van der Waals surface area contributed by atoms with Gasteiger partial charge in [0.25, 0.3) is 0 Å². The number of rotatable bonds is 6. The second-order valence-electron chi connectivity index (χ2n) is 5.48. The third-order valence-electron chi connectivity index (χ3n) is 3.51. The van der Waals surface area contributed by atoms with E-state index in [0.29, 0.717) is 17.6 Å². The molecule has 122 valence electrons. The summed E-state index contributed by atoms with van der Waals surface area (Å²) in [7, 11) is -3.71. The van der Waals surface area contributed by atoms with Crippen molar-refractivity contribution in [2.24, 2.45) is 5.92 Å². The smallest absolute Gasteiger partial charge is 0.243 e. The number of hydrogen-bond acceptors (Lipinski definition) is 7. The molecule has 0 amide bonds. The van der Waals surface area contributed by atoms with Crippen molar-refractivity contribution in [3.63, 3.8) is 0 Å². The first-order chi connectivity index (χ1) is 11.0. The topological polar surface area (TPSA) is 103 Å². The van der Waals surface area contributed by atoms with Crippen LogP contribution >= 0.6 is 11.7 Å². The molecule has 0 spiro atoms. The number of nitrogens with zero attached hydrogens (tertiary/aromatic N) is 5. The summed E-state index contributed by atoms with van der Waals surface area (Å²) in [5, 5.41) is 7.64. The van der Waals surface area contributed by atoms with Crippen LogP contribution in [0.25, 0.3) is 11.0 Å². The molecule has 1 aromatic carbocycles. The maximum absolute atomic E-state index is 12.8. The lowest BCUT2D eigenvalue weighted by Crippen LogP contribution is -2.41. The van der Waals surface area contributed by atoms with Crippen LogP contribution in [0.5, 0.6) is 0 Å². The Bertz CT molecular complexity index is 888. The van der Waals surface area contributed by atoms with Crippen molar-refractivity contribution in [3.05, 3.63) is 30.6 Å². The van der Waals surface area contributed by atoms with E-state index in [-0.39, 0.29) is 16.9 Å². The van der Waals surface area contributed by atoms with Crippen molar-refractivity contribution in [2.45, 2.75) is 31.3 Å². The fourth-order valence-electron chi connectivity index (χ4n) is 2.18. The van der Waals surface area contributed by atoms with Gasteiger partial charge in [-0.15, -0.1) is 5.10 Å². The highest BCUT2D eigenvalue weighted by Gasteiger charge is 2.25. The van der Waals surface area contributed by atoms with E-state index in [2.05, 4.69) is 23.8 Å². The van der Waals surface area contributed by atoms with E-state index in [9.17, 15) is 8.42 Å². The van der Waals surface area contributed by atoms with Crippen molar-refractivity contribution >= 4 is 32.8 Å². The molecule has 0 saturated carbocycles. The second-order valence-corrected chi connectivity index (χ2v) is 7.70. The normalized spacial score (nSPS) is 13.7. The van der Waals surface area contributed by atoms with Crippen molar-refractivity contribution in [2.75, 3.05) is 0 Å². The molecule has 10 heteroatoms. The predicted octanol–water partition coefficient (Wildman–Crippen LogP) is 1.29. The van der Waals surface area contributed by atoms with Crippen LogP contribution in [0.4, 0.5) is 0 Å². The zero-order chi connectivity index (χ0) is 16.4. The molecule has 0 radical (unpaired) electrons. The summed E-state index contributed by atoms with van der Waals surface area (Å²) in [6, 6.07) is 4.63. The van der Waals surface area contributed by atoms with Crippen LogP contribution < -0.4 is 4.72 Å². The Morgan fingerprint density at radius 3 is 2.83 bits per heavy atom. The van der Waals surface area contributed by atoms with Crippen LogP contribution in [-0.2, 0) is 16.6 Å². The van der Waals surface area contributed by atoms with Crippen LogP contribution in [0.3, 0.4) is 0 Å². The van der Waals surface area contributed by atoms with Gasteiger partial charge in [-0.25, -0.2) is 13.1 Å². The molecule has 1 atom stereocenters. The van der Waals surface area contributed by atoms with Crippen LogP contribution in [0, 0.1) is 5.92 Å². The van der Waals surface area contributed by atoms with Crippen LogP contribution in [-0.4, -0.2) is 38.2 Å². The van der Waals surface area contributed by atoms with Crippen molar-refractivity contribution in [1.82, 2.24) is 28.5 Å². The largest absolute Gasteiger partial charge is 0.251 e. The lowest BCUT2D eigenvalue weighted by Gasteiger charge is -2.22. The molecule has 8 nitrogen and oxygen atoms in total. The number of nitrogens with one attached hydrogen (secondary N) is 1. The van der Waals surface area contributed by atoms with Gasteiger partial charge in [-0.3, -0.25) is 4.68 Å². The van der Waals surface area contributed by atoms with E-state index in [1.54, 1.807) is 35.3 Å². The SMILES string of the molecule is CC(C)[C@H](Cn1ccnn1)NS(=O)(=O)c1cccc2nsnc12. The minimum Gasteiger partial charge on any atom is -0.251 e. The quantitative estimate of drug-likeness (QED) is 0.717. The molecular formula is C13H16N6O2S2. The zero-order valence-electron chi connectivity index (χ0n) is 12.6. The second kappa shape index (κ2) is 6.30. The van der Waals surface area contributed by atoms with Crippen LogP contribution in [0.15, 0.2) is 35.5 Å². The van der Waals surface area contributed by atoms with Crippen LogP contribution in [0.2, 0.25) is 0 Å². The highest BCUT2D eigenvalue weighted by Crippen LogP contribution is 2.22. The van der Waals surface area contributed by atoms with Crippen molar-refractivity contribution < 1.29 is 8.42 Å². The molecule has 0 unspecified atom stereocenters. The summed E-state index contributed by atoms with van der Waals surface area (Å²) in [5.74, 6) is 0.0849. The molecule has 2 aromatic heterocycles. The molecule has 0 aliphatic rings. The van der Waals surface area contributed by atoms with Gasteiger partial charge in [0.15, 0.2) is 0 Å². The lowest BCUT2D eigenvalue weighted by atomic mass is 10.1. The summed E-state index contributed by atoms with van der Waals surface area (Å²) >= 11 is 0.998. The Labute approximate surface area is 137 Å². The van der Waals surface area contributed by atoms with E-state index < -0.39 is 10.0 Å². The average molecular weight is 352 g/mol. The Hall–Kier alpha value is -1.91. The van der Waals surface area contributed by atoms with E-state index in [4.69, 9.17) is 0 Å². The van der Waals surface area contributed by atoms with Gasteiger partial charge in [0.1, 0.15) is 15.9 Å². The van der Waals surface area contributed by atoms with Crippen molar-refractivity contribution in [3.8, 4) is 0 Å². The third-order valence-corrected chi connectivity index (χ3v) is 5.57. The van der Waals surface area contributed by atoms with Gasteiger partial charge in [0.05, 0.1) is 24.5 Å². The fraction of sp³-hybridized carbons (Fsp3) is 0.385. The van der Waals surface area contributed by atoms with E-state index >= 15 is 0 Å². The molecule has 3 aromatic rings. The Kier molecular flexibility index (Phi) is 4.37. The van der Waals surface area contributed by atoms with E-state index in [1.807, 2.05) is 13.8 Å². The van der Waals surface area contributed by atoms with Gasteiger partial charge < -0.3 is 0 Å². The fourth-order valence-corrected chi connectivity index (χ4v) is 4.32. The number of sulfonamides is 1. The molecule has 0 saturated heterocycles. The molecule has 3 rings (SSSR count). The predicted molar refractivity (Wildman–Crippen MR) is 86.4 cm³/mol. The average Bonchev–Trinajstić information content (AvgIpc) is 3.16. The minimum atomic E-state index is -3.71. The summed E-state index contributed by atoms with van der Waals surface area (Å²) in [6.45, 7) is 4.31. The van der Waals surface area contributed by atoms with Gasteiger partial charge in [0.2, 0.25) is 10.0 Å².